The van der Waals surface area contributed by atoms with Gasteiger partial charge in [0.1, 0.15) is 0 Å². The van der Waals surface area contributed by atoms with Gasteiger partial charge in [0.2, 0.25) is 0 Å². The van der Waals surface area contributed by atoms with E-state index in [1.165, 1.54) is 4.90 Å². The summed E-state index contributed by atoms with van der Waals surface area (Å²) < 4.78 is 5.33. The molecule has 7 nitrogen and oxygen atoms in total. The van der Waals surface area contributed by atoms with Crippen molar-refractivity contribution in [3.8, 4) is 0 Å². The summed E-state index contributed by atoms with van der Waals surface area (Å²) in [4.78, 5) is 29.4. The highest BCUT2D eigenvalue weighted by Gasteiger charge is 2.24. The average molecular weight is 347 g/mol. The maximum Gasteiger partial charge on any atom is 0.407 e. The third-order valence-electron chi connectivity index (χ3n) is 4.83. The number of ether oxygens (including phenoxy) is 1. The molecular weight excluding hydrogens is 322 g/mol. The van der Waals surface area contributed by atoms with Crippen molar-refractivity contribution >= 4 is 12.0 Å². The van der Waals surface area contributed by atoms with Crippen LogP contribution in [0.2, 0.25) is 0 Å². The molecule has 0 radical (unpaired) electrons. The van der Waals surface area contributed by atoms with Gasteiger partial charge in [-0.05, 0) is 18.6 Å². The van der Waals surface area contributed by atoms with E-state index in [-0.39, 0.29) is 5.91 Å². The molecule has 7 heteroatoms. The van der Waals surface area contributed by atoms with Crippen molar-refractivity contribution in [2.24, 2.45) is 0 Å². The number of hydrogen-bond donors (Lipinski definition) is 1. The molecule has 136 valence electrons. The monoisotopic (exact) mass is 347 g/mol. The van der Waals surface area contributed by atoms with E-state index in [0.29, 0.717) is 59.0 Å². The second kappa shape index (κ2) is 7.84. The Hall–Kier alpha value is -2.12. The van der Waals surface area contributed by atoms with Crippen LogP contribution < -0.4 is 0 Å². The van der Waals surface area contributed by atoms with Crippen LogP contribution in [-0.4, -0.2) is 84.3 Å². The van der Waals surface area contributed by atoms with Crippen LogP contribution in [-0.2, 0) is 11.3 Å². The van der Waals surface area contributed by atoms with Crippen LogP contribution in [0.1, 0.15) is 21.5 Å². The minimum Gasteiger partial charge on any atom is -0.465 e. The minimum absolute atomic E-state index is 0.0578. The molecule has 0 aromatic heterocycles. The Morgan fingerprint density at radius 3 is 2.36 bits per heavy atom. The van der Waals surface area contributed by atoms with Crippen LogP contribution in [0, 0.1) is 6.92 Å². The van der Waals surface area contributed by atoms with Crippen LogP contribution in [0.25, 0.3) is 0 Å². The zero-order valence-corrected chi connectivity index (χ0v) is 14.6. The Morgan fingerprint density at radius 1 is 1.04 bits per heavy atom. The molecule has 2 heterocycles. The summed E-state index contributed by atoms with van der Waals surface area (Å²) in [5.41, 5.74) is 2.88. The second-order valence-electron chi connectivity index (χ2n) is 6.61. The van der Waals surface area contributed by atoms with Gasteiger partial charge in [0.05, 0.1) is 13.2 Å². The first-order chi connectivity index (χ1) is 12.0. The molecular formula is C18H25N3O4. The molecule has 2 saturated heterocycles. The van der Waals surface area contributed by atoms with Crippen molar-refractivity contribution in [3.05, 3.63) is 34.9 Å². The third-order valence-corrected chi connectivity index (χ3v) is 4.83. The zero-order chi connectivity index (χ0) is 17.8. The van der Waals surface area contributed by atoms with Gasteiger partial charge >= 0.3 is 6.09 Å². The summed E-state index contributed by atoms with van der Waals surface area (Å²) >= 11 is 0. The lowest BCUT2D eigenvalue weighted by molar-refractivity contribution is 0.0301. The Balaban J connectivity index is 1.71. The van der Waals surface area contributed by atoms with E-state index in [4.69, 9.17) is 9.84 Å². The van der Waals surface area contributed by atoms with E-state index in [1.54, 1.807) is 0 Å². The minimum atomic E-state index is -0.863. The van der Waals surface area contributed by atoms with Gasteiger partial charge in [-0.25, -0.2) is 4.79 Å². The Bertz CT molecular complexity index is 635. The molecule has 2 amide bonds. The second-order valence-corrected chi connectivity index (χ2v) is 6.61. The van der Waals surface area contributed by atoms with Gasteiger partial charge in [-0.1, -0.05) is 17.7 Å². The molecule has 0 spiro atoms. The van der Waals surface area contributed by atoms with Crippen LogP contribution in [0.5, 0.6) is 0 Å². The van der Waals surface area contributed by atoms with Crippen molar-refractivity contribution in [2.75, 3.05) is 52.5 Å². The van der Waals surface area contributed by atoms with Crippen molar-refractivity contribution in [3.63, 3.8) is 0 Å². The summed E-state index contributed by atoms with van der Waals surface area (Å²) in [6, 6.07) is 5.95. The number of hydrogen-bond acceptors (Lipinski definition) is 4. The van der Waals surface area contributed by atoms with Gasteiger partial charge in [0, 0.05) is 51.4 Å². The molecule has 2 fully saturated rings. The number of piperazine rings is 1. The average Bonchev–Trinajstić information content (AvgIpc) is 2.62. The highest BCUT2D eigenvalue weighted by molar-refractivity contribution is 5.95. The Labute approximate surface area is 147 Å². The highest BCUT2D eigenvalue weighted by atomic mass is 16.5. The Kier molecular flexibility index (Phi) is 5.55. The summed E-state index contributed by atoms with van der Waals surface area (Å²) in [5, 5.41) is 9.06. The third kappa shape index (κ3) is 4.29. The number of carbonyl (C=O) groups excluding carboxylic acids is 1. The summed E-state index contributed by atoms with van der Waals surface area (Å²) in [5.74, 6) is 0.0578. The van der Waals surface area contributed by atoms with Crippen LogP contribution >= 0.6 is 0 Å². The first-order valence-corrected chi connectivity index (χ1v) is 8.71. The molecule has 3 rings (SSSR count). The number of carboxylic acid groups (broad SMARTS) is 1. The molecule has 1 N–H and O–H groups in total. The number of carbonyl (C=O) groups is 2. The van der Waals surface area contributed by atoms with Crippen molar-refractivity contribution in [1.29, 1.82) is 0 Å². The van der Waals surface area contributed by atoms with Crippen molar-refractivity contribution in [2.45, 2.75) is 13.5 Å². The summed E-state index contributed by atoms with van der Waals surface area (Å²) in [7, 11) is 0. The predicted molar refractivity (Wildman–Crippen MR) is 92.8 cm³/mol. The first kappa shape index (κ1) is 17.7. The molecule has 0 aliphatic carbocycles. The maximum absolute atomic E-state index is 12.9. The molecule has 2 aliphatic heterocycles. The van der Waals surface area contributed by atoms with Crippen LogP contribution in [0.15, 0.2) is 18.2 Å². The summed E-state index contributed by atoms with van der Waals surface area (Å²) in [6.07, 6.45) is -0.863. The van der Waals surface area contributed by atoms with Gasteiger partial charge < -0.3 is 19.6 Å². The number of amides is 2. The van der Waals surface area contributed by atoms with Gasteiger partial charge in [-0.2, -0.15) is 0 Å². The van der Waals surface area contributed by atoms with Crippen LogP contribution in [0.3, 0.4) is 0 Å². The fourth-order valence-electron chi connectivity index (χ4n) is 3.34. The standard InChI is InChI=1S/C18H25N3O4/c1-14-2-3-16(17(22)20-8-10-25-11-9-20)15(12-14)13-19-4-6-21(7-5-19)18(23)24/h2-3,12H,4-11,13H2,1H3,(H,23,24). The molecule has 1 aromatic carbocycles. The van der Waals surface area contributed by atoms with Gasteiger partial charge in [0.15, 0.2) is 0 Å². The van der Waals surface area contributed by atoms with E-state index >= 15 is 0 Å². The number of morpholine rings is 1. The van der Waals surface area contributed by atoms with E-state index in [9.17, 15) is 9.59 Å². The SMILES string of the molecule is Cc1ccc(C(=O)N2CCOCC2)c(CN2CCN(C(=O)O)CC2)c1. The highest BCUT2D eigenvalue weighted by Crippen LogP contribution is 2.18. The molecule has 0 bridgehead atoms. The smallest absolute Gasteiger partial charge is 0.407 e. The largest absolute Gasteiger partial charge is 0.465 e. The molecule has 0 saturated carbocycles. The van der Waals surface area contributed by atoms with E-state index in [1.807, 2.05) is 24.0 Å². The lowest BCUT2D eigenvalue weighted by Crippen LogP contribution is -2.48. The van der Waals surface area contributed by atoms with Gasteiger partial charge in [-0.15, -0.1) is 0 Å². The molecule has 2 aliphatic rings. The number of nitrogens with zero attached hydrogens (tertiary/aromatic N) is 3. The normalized spacial score (nSPS) is 19.1. The van der Waals surface area contributed by atoms with Crippen molar-refractivity contribution < 1.29 is 19.4 Å². The fourth-order valence-corrected chi connectivity index (χ4v) is 3.34. The predicted octanol–water partition coefficient (Wildman–Crippen LogP) is 1.26. The molecule has 0 unspecified atom stereocenters. The molecule has 0 atom stereocenters. The molecule has 25 heavy (non-hydrogen) atoms. The topological polar surface area (TPSA) is 73.3 Å². The maximum atomic E-state index is 12.9. The van der Waals surface area contributed by atoms with E-state index < -0.39 is 6.09 Å². The lowest BCUT2D eigenvalue weighted by Gasteiger charge is -2.34. The van der Waals surface area contributed by atoms with E-state index in [2.05, 4.69) is 11.0 Å². The number of benzene rings is 1. The van der Waals surface area contributed by atoms with Crippen LogP contribution in [0.4, 0.5) is 4.79 Å². The lowest BCUT2D eigenvalue weighted by atomic mass is 10.0. The quantitative estimate of drug-likeness (QED) is 0.891. The molecule has 1 aromatic rings. The van der Waals surface area contributed by atoms with Gasteiger partial charge in [0.25, 0.3) is 5.91 Å². The zero-order valence-electron chi connectivity index (χ0n) is 14.6. The number of aryl methyl sites for hydroxylation is 1. The fraction of sp³-hybridized carbons (Fsp3) is 0.556. The van der Waals surface area contributed by atoms with E-state index in [0.717, 1.165) is 16.7 Å². The Morgan fingerprint density at radius 2 is 1.72 bits per heavy atom. The van der Waals surface area contributed by atoms with Gasteiger partial charge in [-0.3, -0.25) is 9.69 Å². The van der Waals surface area contributed by atoms with Crippen molar-refractivity contribution in [1.82, 2.24) is 14.7 Å². The first-order valence-electron chi connectivity index (χ1n) is 8.71. The summed E-state index contributed by atoms with van der Waals surface area (Å²) in [6.45, 7) is 7.51. The number of rotatable bonds is 3.